The van der Waals surface area contributed by atoms with Gasteiger partial charge in [-0.2, -0.15) is 0 Å². The van der Waals surface area contributed by atoms with E-state index in [1.54, 1.807) is 4.90 Å². The number of nitrogens with one attached hydrogen (secondary N) is 2. The number of hydrogen-bond donors (Lipinski definition) is 2. The predicted molar refractivity (Wildman–Crippen MR) is 96.9 cm³/mol. The van der Waals surface area contributed by atoms with Crippen molar-refractivity contribution in [3.05, 3.63) is 28.7 Å². The molecule has 2 fully saturated rings. The lowest BCUT2D eigenvalue weighted by Gasteiger charge is -2.27. The molecule has 1 aromatic carbocycles. The van der Waals surface area contributed by atoms with Crippen LogP contribution in [0.1, 0.15) is 6.42 Å². The summed E-state index contributed by atoms with van der Waals surface area (Å²) in [5.74, 6) is -0.287. The van der Waals surface area contributed by atoms with Crippen molar-refractivity contribution in [2.75, 3.05) is 50.7 Å². The van der Waals surface area contributed by atoms with Gasteiger partial charge >= 0.3 is 0 Å². The van der Waals surface area contributed by atoms with E-state index >= 15 is 0 Å². The van der Waals surface area contributed by atoms with E-state index < -0.39 is 0 Å². The molecule has 2 aliphatic rings. The van der Waals surface area contributed by atoms with Gasteiger partial charge in [0.05, 0.1) is 11.6 Å². The molecule has 3 rings (SSSR count). The van der Waals surface area contributed by atoms with Crippen LogP contribution in [0.25, 0.3) is 0 Å². The van der Waals surface area contributed by atoms with E-state index in [-0.39, 0.29) is 24.2 Å². The molecule has 0 bridgehead atoms. The van der Waals surface area contributed by atoms with Crippen LogP contribution in [-0.4, -0.2) is 62.5 Å². The van der Waals surface area contributed by atoms with E-state index in [0.717, 1.165) is 42.9 Å². The molecule has 1 atom stereocenters. The van der Waals surface area contributed by atoms with Crippen molar-refractivity contribution in [3.63, 3.8) is 0 Å². The lowest BCUT2D eigenvalue weighted by molar-refractivity contribution is -0.126. The first-order valence-corrected chi connectivity index (χ1v) is 9.20. The van der Waals surface area contributed by atoms with Crippen LogP contribution in [-0.2, 0) is 9.59 Å². The summed E-state index contributed by atoms with van der Waals surface area (Å²) in [6.07, 6.45) is 0.279. The molecule has 2 amide bonds. The monoisotopic (exact) mass is 394 g/mol. The molecule has 2 heterocycles. The molecule has 1 unspecified atom stereocenters. The number of rotatable bonds is 5. The van der Waals surface area contributed by atoms with Crippen molar-refractivity contribution >= 4 is 33.4 Å². The second kappa shape index (κ2) is 8.09. The third kappa shape index (κ3) is 4.15. The molecule has 0 aromatic heterocycles. The Labute approximate surface area is 150 Å². The third-order valence-electron chi connectivity index (χ3n) is 4.58. The first kappa shape index (κ1) is 17.4. The van der Waals surface area contributed by atoms with Gasteiger partial charge in [-0.05, 0) is 28.1 Å². The number of amides is 2. The predicted octanol–water partition coefficient (Wildman–Crippen LogP) is 0.823. The van der Waals surface area contributed by atoms with Crippen molar-refractivity contribution in [2.24, 2.45) is 5.92 Å². The zero-order valence-electron chi connectivity index (χ0n) is 13.6. The highest BCUT2D eigenvalue weighted by Gasteiger charge is 2.35. The molecule has 0 saturated carbocycles. The topological polar surface area (TPSA) is 64.7 Å². The Kier molecular flexibility index (Phi) is 5.86. The number of anilines is 1. The van der Waals surface area contributed by atoms with Gasteiger partial charge in [0.15, 0.2) is 0 Å². The number of nitrogens with zero attached hydrogens (tertiary/aromatic N) is 2. The van der Waals surface area contributed by atoms with Crippen LogP contribution in [0, 0.1) is 5.92 Å². The van der Waals surface area contributed by atoms with Gasteiger partial charge in [-0.25, -0.2) is 0 Å². The second-order valence-corrected chi connectivity index (χ2v) is 7.09. The largest absolute Gasteiger partial charge is 0.355 e. The Hall–Kier alpha value is -1.44. The number of para-hydroxylation sites is 1. The highest BCUT2D eigenvalue weighted by atomic mass is 79.9. The fourth-order valence-corrected chi connectivity index (χ4v) is 3.70. The smallest absolute Gasteiger partial charge is 0.227 e. The molecule has 7 heteroatoms. The summed E-state index contributed by atoms with van der Waals surface area (Å²) in [6.45, 7) is 6.00. The summed E-state index contributed by atoms with van der Waals surface area (Å²) in [7, 11) is 0. The van der Waals surface area contributed by atoms with Gasteiger partial charge in [-0.1, -0.05) is 12.1 Å². The van der Waals surface area contributed by atoms with E-state index in [2.05, 4.69) is 31.5 Å². The van der Waals surface area contributed by atoms with Crippen LogP contribution in [0.3, 0.4) is 0 Å². The summed E-state index contributed by atoms with van der Waals surface area (Å²) in [5, 5.41) is 6.30. The number of carbonyl (C=O) groups is 2. The summed E-state index contributed by atoms with van der Waals surface area (Å²) in [4.78, 5) is 28.7. The highest BCUT2D eigenvalue weighted by molar-refractivity contribution is 9.10. The average Bonchev–Trinajstić information content (AvgIpc) is 2.98. The van der Waals surface area contributed by atoms with Crippen molar-refractivity contribution in [1.29, 1.82) is 0 Å². The average molecular weight is 395 g/mol. The van der Waals surface area contributed by atoms with Crippen LogP contribution >= 0.6 is 15.9 Å². The molecule has 0 aliphatic carbocycles. The van der Waals surface area contributed by atoms with Gasteiger partial charge in [0.25, 0.3) is 0 Å². The van der Waals surface area contributed by atoms with Crippen LogP contribution in [0.5, 0.6) is 0 Å². The number of carbonyl (C=O) groups excluding carboxylic acids is 2. The Balaban J connectivity index is 1.49. The minimum absolute atomic E-state index is 0.00385. The van der Waals surface area contributed by atoms with E-state index in [4.69, 9.17) is 0 Å². The van der Waals surface area contributed by atoms with Gasteiger partial charge in [0.1, 0.15) is 0 Å². The number of benzene rings is 1. The summed E-state index contributed by atoms with van der Waals surface area (Å²) >= 11 is 3.47. The van der Waals surface area contributed by atoms with Crippen LogP contribution < -0.4 is 15.5 Å². The molecule has 6 nitrogen and oxygen atoms in total. The molecule has 2 aliphatic heterocycles. The first-order valence-electron chi connectivity index (χ1n) is 8.41. The molecule has 130 valence electrons. The van der Waals surface area contributed by atoms with Crippen LogP contribution in [0.2, 0.25) is 0 Å². The lowest BCUT2D eigenvalue weighted by atomic mass is 10.1. The number of halogens is 1. The molecular weight excluding hydrogens is 372 g/mol. The van der Waals surface area contributed by atoms with Crippen molar-refractivity contribution < 1.29 is 9.59 Å². The Morgan fingerprint density at radius 1 is 1.29 bits per heavy atom. The van der Waals surface area contributed by atoms with Crippen molar-refractivity contribution in [1.82, 2.24) is 15.5 Å². The SMILES string of the molecule is O=C(NCCN1CCNCC1)C1CC(=O)N(c2ccccc2Br)C1. The van der Waals surface area contributed by atoms with Crippen molar-refractivity contribution in [2.45, 2.75) is 6.42 Å². The standard InChI is InChI=1S/C17H23BrN4O2/c18-14-3-1-2-4-15(14)22-12-13(11-16(22)23)17(24)20-7-10-21-8-5-19-6-9-21/h1-4,13,19H,5-12H2,(H,20,24). The fraction of sp³-hybridized carbons (Fsp3) is 0.529. The molecule has 0 spiro atoms. The lowest BCUT2D eigenvalue weighted by Crippen LogP contribution is -2.46. The summed E-state index contributed by atoms with van der Waals surface area (Å²) < 4.78 is 0.873. The fourth-order valence-electron chi connectivity index (χ4n) is 3.20. The molecule has 0 radical (unpaired) electrons. The third-order valence-corrected chi connectivity index (χ3v) is 5.25. The zero-order chi connectivity index (χ0) is 16.9. The maximum absolute atomic E-state index is 12.4. The highest BCUT2D eigenvalue weighted by Crippen LogP contribution is 2.31. The van der Waals surface area contributed by atoms with Crippen LogP contribution in [0.15, 0.2) is 28.7 Å². The summed E-state index contributed by atoms with van der Waals surface area (Å²) in [5.41, 5.74) is 0.832. The van der Waals surface area contributed by atoms with Gasteiger partial charge in [-0.15, -0.1) is 0 Å². The Morgan fingerprint density at radius 3 is 2.79 bits per heavy atom. The quantitative estimate of drug-likeness (QED) is 0.775. The molecule has 1 aromatic rings. The first-order chi connectivity index (χ1) is 11.6. The summed E-state index contributed by atoms with van der Waals surface area (Å²) in [6, 6.07) is 7.61. The maximum atomic E-state index is 12.4. The van der Waals surface area contributed by atoms with E-state index in [9.17, 15) is 9.59 Å². The van der Waals surface area contributed by atoms with Crippen molar-refractivity contribution in [3.8, 4) is 0 Å². The van der Waals surface area contributed by atoms with Gasteiger partial charge < -0.3 is 15.5 Å². The van der Waals surface area contributed by atoms with E-state index in [1.807, 2.05) is 24.3 Å². The van der Waals surface area contributed by atoms with Gasteiger partial charge in [-0.3, -0.25) is 14.5 Å². The minimum atomic E-state index is -0.271. The number of piperazine rings is 1. The normalized spacial score (nSPS) is 22.0. The minimum Gasteiger partial charge on any atom is -0.355 e. The Morgan fingerprint density at radius 2 is 2.04 bits per heavy atom. The van der Waals surface area contributed by atoms with Gasteiger partial charge in [0, 0.05) is 56.7 Å². The zero-order valence-corrected chi connectivity index (χ0v) is 15.2. The van der Waals surface area contributed by atoms with E-state index in [0.29, 0.717) is 13.1 Å². The Bertz CT molecular complexity index is 604. The molecule has 24 heavy (non-hydrogen) atoms. The number of hydrogen-bond acceptors (Lipinski definition) is 4. The van der Waals surface area contributed by atoms with Crippen LogP contribution in [0.4, 0.5) is 5.69 Å². The molecule has 2 saturated heterocycles. The second-order valence-electron chi connectivity index (χ2n) is 6.24. The molecule has 2 N–H and O–H groups in total. The van der Waals surface area contributed by atoms with Gasteiger partial charge in [0.2, 0.25) is 11.8 Å². The van der Waals surface area contributed by atoms with E-state index in [1.165, 1.54) is 0 Å². The maximum Gasteiger partial charge on any atom is 0.227 e. The molecular formula is C17H23BrN4O2.